The van der Waals surface area contributed by atoms with Crippen LogP contribution in [0.3, 0.4) is 0 Å². The molecular weight excluding hydrogens is 236 g/mol. The molecule has 1 heterocycles. The summed E-state index contributed by atoms with van der Waals surface area (Å²) in [6.45, 7) is 1.88. The second kappa shape index (κ2) is 4.71. The second-order valence-corrected chi connectivity index (χ2v) is 7.90. The first-order chi connectivity index (χ1) is 9.29. The average molecular weight is 264 g/mol. The molecular formula is C16H28N2O. The molecule has 2 unspecified atom stereocenters. The van der Waals surface area contributed by atoms with Crippen LogP contribution >= 0.6 is 0 Å². The molecule has 0 aromatic heterocycles. The van der Waals surface area contributed by atoms with Crippen LogP contribution in [0, 0.1) is 29.1 Å². The van der Waals surface area contributed by atoms with E-state index < -0.39 is 0 Å². The van der Waals surface area contributed by atoms with Gasteiger partial charge in [0.15, 0.2) is 0 Å². The highest BCUT2D eigenvalue weighted by atomic mass is 16.5. The van der Waals surface area contributed by atoms with E-state index in [0.717, 1.165) is 31.0 Å². The Hall–Kier alpha value is -0.120. The van der Waals surface area contributed by atoms with Crippen molar-refractivity contribution in [2.45, 2.75) is 57.4 Å². The first-order valence-corrected chi connectivity index (χ1v) is 8.33. The van der Waals surface area contributed by atoms with Gasteiger partial charge in [-0.05, 0) is 80.5 Å². The van der Waals surface area contributed by atoms with Crippen LogP contribution in [-0.2, 0) is 4.74 Å². The van der Waals surface area contributed by atoms with E-state index in [-0.39, 0.29) is 0 Å². The smallest absolute Gasteiger partial charge is 0.0509 e. The number of hydrogen-bond donors (Lipinski definition) is 2. The third-order valence-corrected chi connectivity index (χ3v) is 6.59. The van der Waals surface area contributed by atoms with Gasteiger partial charge < -0.3 is 4.74 Å². The van der Waals surface area contributed by atoms with Crippen LogP contribution in [0.2, 0.25) is 0 Å². The molecule has 19 heavy (non-hydrogen) atoms. The van der Waals surface area contributed by atoms with E-state index in [0.29, 0.717) is 17.4 Å². The lowest BCUT2D eigenvalue weighted by atomic mass is 9.46. The maximum atomic E-state index is 6.02. The highest BCUT2D eigenvalue weighted by Crippen LogP contribution is 2.62. The molecule has 5 aliphatic rings. The highest BCUT2D eigenvalue weighted by Gasteiger charge is 2.55. The van der Waals surface area contributed by atoms with Crippen molar-refractivity contribution in [2.75, 3.05) is 13.2 Å². The molecule has 4 bridgehead atoms. The van der Waals surface area contributed by atoms with E-state index >= 15 is 0 Å². The molecule has 0 amide bonds. The van der Waals surface area contributed by atoms with Crippen molar-refractivity contribution in [1.29, 1.82) is 0 Å². The quantitative estimate of drug-likeness (QED) is 0.608. The average Bonchev–Trinajstić information content (AvgIpc) is 2.38. The lowest BCUT2D eigenvalue weighted by Crippen LogP contribution is -2.60. The van der Waals surface area contributed by atoms with E-state index in [2.05, 4.69) is 5.43 Å². The van der Waals surface area contributed by atoms with Crippen LogP contribution in [0.5, 0.6) is 0 Å². The van der Waals surface area contributed by atoms with Gasteiger partial charge in [0.25, 0.3) is 0 Å². The molecule has 3 heteroatoms. The Morgan fingerprint density at radius 3 is 2.16 bits per heavy atom. The van der Waals surface area contributed by atoms with Gasteiger partial charge in [-0.2, -0.15) is 0 Å². The van der Waals surface area contributed by atoms with Crippen molar-refractivity contribution in [3.8, 4) is 0 Å². The molecule has 4 saturated carbocycles. The highest BCUT2D eigenvalue weighted by molar-refractivity contribution is 5.07. The SMILES string of the molecule is NNC(C1CCCOC1)C12CC3CC(CC(C3)C1)C2. The van der Waals surface area contributed by atoms with Gasteiger partial charge in [-0.25, -0.2) is 0 Å². The molecule has 3 N–H and O–H groups in total. The predicted octanol–water partition coefficient (Wildman–Crippen LogP) is 2.46. The summed E-state index contributed by atoms with van der Waals surface area (Å²) in [6, 6.07) is 0.501. The van der Waals surface area contributed by atoms with Gasteiger partial charge in [0.1, 0.15) is 0 Å². The molecule has 0 spiro atoms. The Labute approximate surface area is 116 Å². The summed E-state index contributed by atoms with van der Waals surface area (Å²) in [5.41, 5.74) is 3.76. The van der Waals surface area contributed by atoms with Gasteiger partial charge in [0.2, 0.25) is 0 Å². The van der Waals surface area contributed by atoms with Crippen molar-refractivity contribution in [1.82, 2.24) is 5.43 Å². The zero-order valence-corrected chi connectivity index (χ0v) is 11.9. The van der Waals surface area contributed by atoms with Crippen molar-refractivity contribution in [2.24, 2.45) is 34.9 Å². The summed E-state index contributed by atoms with van der Waals surface area (Å²) in [4.78, 5) is 0. The Bertz CT molecular complexity index is 302. The molecule has 5 rings (SSSR count). The van der Waals surface area contributed by atoms with Crippen molar-refractivity contribution < 1.29 is 4.74 Å². The molecule has 5 fully saturated rings. The molecule has 3 nitrogen and oxygen atoms in total. The van der Waals surface area contributed by atoms with E-state index in [1.807, 2.05) is 0 Å². The first-order valence-electron chi connectivity index (χ1n) is 8.33. The summed E-state index contributed by atoms with van der Waals surface area (Å²) in [5, 5.41) is 0. The third kappa shape index (κ3) is 2.05. The normalized spacial score (nSPS) is 50.4. The van der Waals surface area contributed by atoms with E-state index in [9.17, 15) is 0 Å². The summed E-state index contributed by atoms with van der Waals surface area (Å²) in [6.07, 6.45) is 11.4. The minimum atomic E-state index is 0.501. The molecule has 4 aliphatic carbocycles. The van der Waals surface area contributed by atoms with Crippen LogP contribution in [0.25, 0.3) is 0 Å². The van der Waals surface area contributed by atoms with E-state index in [1.54, 1.807) is 0 Å². The predicted molar refractivity (Wildman–Crippen MR) is 75.3 cm³/mol. The summed E-state index contributed by atoms with van der Waals surface area (Å²) in [7, 11) is 0. The number of nitrogens with two attached hydrogens (primary N) is 1. The van der Waals surface area contributed by atoms with Crippen LogP contribution in [-0.4, -0.2) is 19.3 Å². The van der Waals surface area contributed by atoms with E-state index in [1.165, 1.54) is 51.4 Å². The largest absolute Gasteiger partial charge is 0.381 e. The van der Waals surface area contributed by atoms with E-state index in [4.69, 9.17) is 10.6 Å². The van der Waals surface area contributed by atoms with Crippen LogP contribution in [0.1, 0.15) is 51.4 Å². The Morgan fingerprint density at radius 2 is 1.68 bits per heavy atom. The molecule has 2 atom stereocenters. The number of nitrogens with one attached hydrogen (secondary N) is 1. The third-order valence-electron chi connectivity index (χ3n) is 6.59. The summed E-state index contributed by atoms with van der Waals surface area (Å²) >= 11 is 0. The van der Waals surface area contributed by atoms with Crippen LogP contribution < -0.4 is 11.3 Å². The first kappa shape index (κ1) is 12.6. The lowest BCUT2D eigenvalue weighted by Gasteiger charge is -2.60. The maximum absolute atomic E-state index is 6.02. The van der Waals surface area contributed by atoms with Crippen LogP contribution in [0.15, 0.2) is 0 Å². The molecule has 1 aliphatic heterocycles. The van der Waals surface area contributed by atoms with Crippen molar-refractivity contribution in [3.63, 3.8) is 0 Å². The molecule has 0 radical (unpaired) electrons. The monoisotopic (exact) mass is 264 g/mol. The minimum Gasteiger partial charge on any atom is -0.381 e. The molecule has 108 valence electrons. The van der Waals surface area contributed by atoms with Crippen molar-refractivity contribution in [3.05, 3.63) is 0 Å². The number of hydrogen-bond acceptors (Lipinski definition) is 3. The maximum Gasteiger partial charge on any atom is 0.0509 e. The molecule has 1 saturated heterocycles. The summed E-state index contributed by atoms with van der Waals surface area (Å²) in [5.74, 6) is 9.69. The lowest BCUT2D eigenvalue weighted by molar-refractivity contribution is -0.0988. The Balaban J connectivity index is 1.58. The standard InChI is InChI=1S/C16H28N2O/c17-18-15(14-2-1-3-19-10-14)16-7-11-4-12(8-16)6-13(5-11)9-16/h11-15,18H,1-10,17H2. The van der Waals surface area contributed by atoms with Crippen molar-refractivity contribution >= 4 is 0 Å². The fourth-order valence-corrected chi connectivity index (χ4v) is 6.40. The topological polar surface area (TPSA) is 47.3 Å². The van der Waals surface area contributed by atoms with Crippen LogP contribution in [0.4, 0.5) is 0 Å². The Kier molecular flexibility index (Phi) is 3.13. The molecule has 0 aromatic carbocycles. The minimum absolute atomic E-state index is 0.501. The van der Waals surface area contributed by atoms with Gasteiger partial charge in [-0.15, -0.1) is 0 Å². The summed E-state index contributed by atoms with van der Waals surface area (Å²) < 4.78 is 5.73. The molecule has 0 aromatic rings. The zero-order chi connectivity index (χ0) is 12.9. The van der Waals surface area contributed by atoms with Gasteiger partial charge in [0.05, 0.1) is 6.61 Å². The van der Waals surface area contributed by atoms with Gasteiger partial charge in [0, 0.05) is 12.6 Å². The fourth-order valence-electron chi connectivity index (χ4n) is 6.40. The number of ether oxygens (including phenoxy) is 1. The van der Waals surface area contributed by atoms with Gasteiger partial charge in [-0.1, -0.05) is 0 Å². The van der Waals surface area contributed by atoms with Gasteiger partial charge in [-0.3, -0.25) is 11.3 Å². The zero-order valence-electron chi connectivity index (χ0n) is 11.9. The fraction of sp³-hybridized carbons (Fsp3) is 1.00. The van der Waals surface area contributed by atoms with Gasteiger partial charge >= 0.3 is 0 Å². The number of rotatable bonds is 3. The Morgan fingerprint density at radius 1 is 1.05 bits per heavy atom. The number of hydrazine groups is 1. The second-order valence-electron chi connectivity index (χ2n) is 7.90.